The summed E-state index contributed by atoms with van der Waals surface area (Å²) in [6.07, 6.45) is 4.91. The van der Waals surface area contributed by atoms with Gasteiger partial charge >= 0.3 is 0 Å². The molecule has 0 unspecified atom stereocenters. The van der Waals surface area contributed by atoms with E-state index < -0.39 is 0 Å². The third-order valence-corrected chi connectivity index (χ3v) is 1.37. The molecule has 0 aromatic heterocycles. The van der Waals surface area contributed by atoms with Crippen LogP contribution >= 0.6 is 12.6 Å². The van der Waals surface area contributed by atoms with Crippen LogP contribution in [0.25, 0.3) is 0 Å². The van der Waals surface area contributed by atoms with Gasteiger partial charge in [0.1, 0.15) is 0 Å². The van der Waals surface area contributed by atoms with Crippen molar-refractivity contribution in [3.63, 3.8) is 0 Å². The molecule has 2 heteroatoms. The Morgan fingerprint density at radius 3 is 2.82 bits per heavy atom. The second-order valence-electron chi connectivity index (χ2n) is 2.44. The van der Waals surface area contributed by atoms with E-state index in [0.29, 0.717) is 6.61 Å². The average Bonchev–Trinajstić information content (AvgIpc) is 1.96. The van der Waals surface area contributed by atoms with E-state index >= 15 is 0 Å². The highest BCUT2D eigenvalue weighted by Crippen LogP contribution is 1.94. The highest BCUT2D eigenvalue weighted by molar-refractivity contribution is 7.80. The molecule has 0 radical (unpaired) electrons. The molecule has 11 heavy (non-hydrogen) atoms. The maximum absolute atomic E-state index is 5.26. The third-order valence-electron chi connectivity index (χ3n) is 1.16. The maximum Gasteiger partial charge on any atom is 0.0647 e. The Morgan fingerprint density at radius 1 is 1.55 bits per heavy atom. The molecule has 0 rings (SSSR count). The zero-order chi connectivity index (χ0) is 8.53. The summed E-state index contributed by atoms with van der Waals surface area (Å²) in [5.41, 5.74) is 1.17. The van der Waals surface area contributed by atoms with Crippen molar-refractivity contribution in [1.82, 2.24) is 0 Å². The lowest BCUT2D eigenvalue weighted by molar-refractivity contribution is 0.166. The zero-order valence-corrected chi connectivity index (χ0v) is 7.94. The van der Waals surface area contributed by atoms with E-state index in [1.807, 2.05) is 19.1 Å². The van der Waals surface area contributed by atoms with Crippen molar-refractivity contribution in [3.05, 3.63) is 24.3 Å². The highest BCUT2D eigenvalue weighted by atomic mass is 32.1. The van der Waals surface area contributed by atoms with Crippen molar-refractivity contribution in [2.24, 2.45) is 0 Å². The minimum Gasteiger partial charge on any atom is -0.377 e. The zero-order valence-electron chi connectivity index (χ0n) is 7.05. The summed E-state index contributed by atoms with van der Waals surface area (Å²) in [4.78, 5) is 0. The number of hydrogen-bond donors (Lipinski definition) is 1. The molecule has 0 amide bonds. The summed E-state index contributed by atoms with van der Waals surface area (Å²) in [5, 5.41) is 0. The fourth-order valence-corrected chi connectivity index (χ4v) is 0.689. The molecule has 0 saturated carbocycles. The van der Waals surface area contributed by atoms with E-state index in [2.05, 4.69) is 19.2 Å². The summed E-state index contributed by atoms with van der Waals surface area (Å²) >= 11 is 4.02. The van der Waals surface area contributed by atoms with Crippen molar-refractivity contribution in [3.8, 4) is 0 Å². The van der Waals surface area contributed by atoms with Crippen LogP contribution in [0, 0.1) is 0 Å². The molecule has 0 aromatic carbocycles. The molecule has 0 aromatic rings. The van der Waals surface area contributed by atoms with Crippen LogP contribution in [0.5, 0.6) is 0 Å². The van der Waals surface area contributed by atoms with Gasteiger partial charge in [-0.3, -0.25) is 0 Å². The largest absolute Gasteiger partial charge is 0.377 e. The van der Waals surface area contributed by atoms with E-state index in [9.17, 15) is 0 Å². The molecule has 0 heterocycles. The summed E-state index contributed by atoms with van der Waals surface area (Å²) in [5.74, 6) is 0.782. The standard InChI is InChI=1S/C9H16OS/c1-9(2)5-7-10-6-3-4-8-11/h3-4,11H,1,5-8H2,2H3/b4-3+. The van der Waals surface area contributed by atoms with Gasteiger partial charge in [-0.25, -0.2) is 0 Å². The molecule has 0 aliphatic rings. The monoisotopic (exact) mass is 172 g/mol. The minimum absolute atomic E-state index is 0.688. The predicted octanol–water partition coefficient (Wildman–Crippen LogP) is 2.46. The molecule has 0 atom stereocenters. The van der Waals surface area contributed by atoms with Gasteiger partial charge < -0.3 is 4.74 Å². The van der Waals surface area contributed by atoms with Crippen molar-refractivity contribution in [1.29, 1.82) is 0 Å². The van der Waals surface area contributed by atoms with E-state index in [-0.39, 0.29) is 0 Å². The first-order valence-electron chi connectivity index (χ1n) is 3.75. The summed E-state index contributed by atoms with van der Waals surface area (Å²) in [6.45, 7) is 7.24. The molecule has 0 fully saturated rings. The van der Waals surface area contributed by atoms with E-state index in [0.717, 1.165) is 18.8 Å². The first-order valence-corrected chi connectivity index (χ1v) is 4.38. The van der Waals surface area contributed by atoms with Crippen molar-refractivity contribution in [2.75, 3.05) is 19.0 Å². The van der Waals surface area contributed by atoms with Gasteiger partial charge in [0.15, 0.2) is 0 Å². The van der Waals surface area contributed by atoms with Crippen LogP contribution in [0.2, 0.25) is 0 Å². The summed E-state index contributed by atoms with van der Waals surface area (Å²) in [7, 11) is 0. The fraction of sp³-hybridized carbons (Fsp3) is 0.556. The van der Waals surface area contributed by atoms with Gasteiger partial charge in [-0.15, -0.1) is 6.58 Å². The van der Waals surface area contributed by atoms with Gasteiger partial charge in [0, 0.05) is 5.75 Å². The number of rotatable bonds is 6. The van der Waals surface area contributed by atoms with Crippen LogP contribution in [0.1, 0.15) is 13.3 Å². The highest BCUT2D eigenvalue weighted by Gasteiger charge is 1.85. The van der Waals surface area contributed by atoms with Gasteiger partial charge in [0.2, 0.25) is 0 Å². The molecular formula is C9H16OS. The molecule has 0 N–H and O–H groups in total. The Balaban J connectivity index is 3.02. The Morgan fingerprint density at radius 2 is 2.27 bits per heavy atom. The number of thiol groups is 1. The normalized spacial score (nSPS) is 10.7. The van der Waals surface area contributed by atoms with Gasteiger partial charge in [-0.05, 0) is 13.3 Å². The van der Waals surface area contributed by atoms with Crippen LogP contribution in [0.15, 0.2) is 24.3 Å². The molecule has 0 saturated heterocycles. The van der Waals surface area contributed by atoms with Crippen molar-refractivity contribution < 1.29 is 4.74 Å². The summed E-state index contributed by atoms with van der Waals surface area (Å²) < 4.78 is 5.26. The van der Waals surface area contributed by atoms with Gasteiger partial charge in [0.05, 0.1) is 13.2 Å². The van der Waals surface area contributed by atoms with E-state index in [1.54, 1.807) is 0 Å². The Hall–Kier alpha value is -0.210. The van der Waals surface area contributed by atoms with E-state index in [4.69, 9.17) is 4.74 Å². The second-order valence-corrected chi connectivity index (χ2v) is 2.80. The van der Waals surface area contributed by atoms with Gasteiger partial charge in [-0.2, -0.15) is 12.6 Å². The number of ether oxygens (including phenoxy) is 1. The van der Waals surface area contributed by atoms with Crippen LogP contribution in [-0.2, 0) is 4.74 Å². The van der Waals surface area contributed by atoms with Gasteiger partial charge in [-0.1, -0.05) is 17.7 Å². The quantitative estimate of drug-likeness (QED) is 0.368. The Bertz CT molecular complexity index is 130. The van der Waals surface area contributed by atoms with Crippen LogP contribution < -0.4 is 0 Å². The van der Waals surface area contributed by atoms with Gasteiger partial charge in [0.25, 0.3) is 0 Å². The lowest BCUT2D eigenvalue weighted by Crippen LogP contribution is -1.94. The average molecular weight is 172 g/mol. The molecule has 0 bridgehead atoms. The predicted molar refractivity (Wildman–Crippen MR) is 53.2 cm³/mol. The maximum atomic E-state index is 5.26. The SMILES string of the molecule is C=C(C)CCOC/C=C/CS. The molecule has 64 valence electrons. The molecule has 0 aliphatic carbocycles. The Kier molecular flexibility index (Phi) is 7.74. The second kappa shape index (κ2) is 7.89. The van der Waals surface area contributed by atoms with Crippen molar-refractivity contribution in [2.45, 2.75) is 13.3 Å². The molecule has 0 aliphatic heterocycles. The minimum atomic E-state index is 0.688. The Labute approximate surface area is 74.5 Å². The topological polar surface area (TPSA) is 9.23 Å². The lowest BCUT2D eigenvalue weighted by atomic mass is 10.3. The third kappa shape index (κ3) is 9.79. The summed E-state index contributed by atoms with van der Waals surface area (Å²) in [6, 6.07) is 0. The van der Waals surface area contributed by atoms with Crippen LogP contribution in [0.4, 0.5) is 0 Å². The number of hydrogen-bond acceptors (Lipinski definition) is 2. The van der Waals surface area contributed by atoms with Crippen LogP contribution in [-0.4, -0.2) is 19.0 Å². The molecule has 1 nitrogen and oxygen atoms in total. The fourth-order valence-electron chi connectivity index (χ4n) is 0.540. The van der Waals surface area contributed by atoms with E-state index in [1.165, 1.54) is 5.57 Å². The molecular weight excluding hydrogens is 156 g/mol. The first kappa shape index (κ1) is 10.8. The van der Waals surface area contributed by atoms with Crippen molar-refractivity contribution >= 4 is 12.6 Å². The molecule has 0 spiro atoms. The first-order chi connectivity index (χ1) is 5.27. The lowest BCUT2D eigenvalue weighted by Gasteiger charge is -1.99. The smallest absolute Gasteiger partial charge is 0.0647 e. The van der Waals surface area contributed by atoms with Crippen LogP contribution in [0.3, 0.4) is 0 Å².